The van der Waals surface area contributed by atoms with E-state index in [2.05, 4.69) is 15.9 Å². The number of carbonyl (C=O) groups is 1. The van der Waals surface area contributed by atoms with Crippen molar-refractivity contribution < 1.29 is 14.6 Å². The van der Waals surface area contributed by atoms with Crippen molar-refractivity contribution in [1.29, 1.82) is 0 Å². The Labute approximate surface area is 108 Å². The maximum atomic E-state index is 10.6. The third kappa shape index (κ3) is 2.84. The van der Waals surface area contributed by atoms with E-state index in [0.29, 0.717) is 17.2 Å². The molecule has 0 spiro atoms. The molecule has 84 valence electrons. The predicted octanol–water partition coefficient (Wildman–Crippen LogP) is 3.85. The van der Waals surface area contributed by atoms with Crippen LogP contribution in [0.2, 0.25) is 0 Å². The highest BCUT2D eigenvalue weighted by molar-refractivity contribution is 9.11. The minimum absolute atomic E-state index is 0.293. The first kappa shape index (κ1) is 11.6. The van der Waals surface area contributed by atoms with E-state index < -0.39 is 5.97 Å². The largest absolute Gasteiger partial charge is 0.488 e. The third-order valence-corrected chi connectivity index (χ3v) is 4.26. The lowest BCUT2D eigenvalue weighted by molar-refractivity contribution is 0.0702. The molecule has 2 aromatic rings. The normalized spacial score (nSPS) is 10.3. The summed E-state index contributed by atoms with van der Waals surface area (Å²) in [6.45, 7) is 0.456. The molecule has 2 aromatic heterocycles. The minimum atomic E-state index is -0.918. The fourth-order valence-electron chi connectivity index (χ4n) is 1.09. The number of carboxylic acids is 1. The van der Waals surface area contributed by atoms with Crippen LogP contribution in [0, 0.1) is 0 Å². The van der Waals surface area contributed by atoms with Gasteiger partial charge >= 0.3 is 5.97 Å². The van der Waals surface area contributed by atoms with Gasteiger partial charge in [0.25, 0.3) is 0 Å². The van der Waals surface area contributed by atoms with Crippen LogP contribution in [-0.4, -0.2) is 11.1 Å². The van der Waals surface area contributed by atoms with Crippen LogP contribution in [0.1, 0.15) is 15.2 Å². The second-order valence-corrected chi connectivity index (χ2v) is 6.20. The molecular weight excluding hydrogens is 312 g/mol. The first-order chi connectivity index (χ1) is 7.65. The first-order valence-electron chi connectivity index (χ1n) is 4.32. The third-order valence-electron chi connectivity index (χ3n) is 1.81. The average molecular weight is 319 g/mol. The Morgan fingerprint density at radius 2 is 2.19 bits per heavy atom. The van der Waals surface area contributed by atoms with E-state index in [1.165, 1.54) is 17.4 Å². The van der Waals surface area contributed by atoms with E-state index in [4.69, 9.17) is 9.84 Å². The Hall–Kier alpha value is -0.850. The molecule has 0 aliphatic heterocycles. The van der Waals surface area contributed by atoms with Gasteiger partial charge in [0, 0.05) is 17.0 Å². The average Bonchev–Trinajstić information content (AvgIpc) is 2.83. The van der Waals surface area contributed by atoms with Crippen LogP contribution in [0.3, 0.4) is 0 Å². The number of aromatic carboxylic acids is 1. The maximum Gasteiger partial charge on any atom is 0.346 e. The van der Waals surface area contributed by atoms with E-state index in [0.717, 1.165) is 9.35 Å². The van der Waals surface area contributed by atoms with Gasteiger partial charge in [0.1, 0.15) is 17.2 Å². The smallest absolute Gasteiger partial charge is 0.346 e. The molecule has 0 radical (unpaired) electrons. The summed E-state index contributed by atoms with van der Waals surface area (Å²) >= 11 is 6.13. The zero-order chi connectivity index (χ0) is 11.5. The molecule has 0 aliphatic carbocycles. The minimum Gasteiger partial charge on any atom is -0.488 e. The zero-order valence-corrected chi connectivity index (χ0v) is 11.2. The van der Waals surface area contributed by atoms with Gasteiger partial charge in [-0.25, -0.2) is 4.79 Å². The van der Waals surface area contributed by atoms with Crippen LogP contribution in [0.5, 0.6) is 5.75 Å². The van der Waals surface area contributed by atoms with Gasteiger partial charge in [-0.2, -0.15) is 0 Å². The number of hydrogen-bond acceptors (Lipinski definition) is 4. The number of hydrogen-bond donors (Lipinski definition) is 1. The molecule has 0 fully saturated rings. The summed E-state index contributed by atoms with van der Waals surface area (Å²) in [4.78, 5) is 10.9. The Bertz CT molecular complexity index is 504. The van der Waals surface area contributed by atoms with Crippen LogP contribution in [-0.2, 0) is 6.61 Å². The second kappa shape index (κ2) is 4.99. The summed E-state index contributed by atoms with van der Waals surface area (Å²) in [6, 6.07) is 3.52. The highest BCUT2D eigenvalue weighted by Crippen LogP contribution is 2.25. The number of ether oxygens (including phenoxy) is 1. The molecule has 0 saturated heterocycles. The van der Waals surface area contributed by atoms with E-state index in [1.54, 1.807) is 16.7 Å². The number of halogens is 1. The van der Waals surface area contributed by atoms with Gasteiger partial charge in [0.15, 0.2) is 0 Å². The summed E-state index contributed by atoms with van der Waals surface area (Å²) in [7, 11) is 0. The molecule has 0 aromatic carbocycles. The van der Waals surface area contributed by atoms with Gasteiger partial charge in [0.2, 0.25) is 0 Å². The van der Waals surface area contributed by atoms with Gasteiger partial charge < -0.3 is 9.84 Å². The number of thiophene rings is 2. The summed E-state index contributed by atoms with van der Waals surface area (Å²) in [5.74, 6) is -0.317. The van der Waals surface area contributed by atoms with Crippen LogP contribution < -0.4 is 4.74 Å². The maximum absolute atomic E-state index is 10.6. The summed E-state index contributed by atoms with van der Waals surface area (Å²) in [6.07, 6.45) is 0. The molecule has 2 rings (SSSR count). The monoisotopic (exact) mass is 318 g/mol. The van der Waals surface area contributed by atoms with Crippen LogP contribution >= 0.6 is 38.6 Å². The van der Waals surface area contributed by atoms with E-state index >= 15 is 0 Å². The standard InChI is InChI=1S/C10H7BrO3S2/c11-9-1-6(4-16-9)3-14-7-2-8(10(12)13)15-5-7/h1-2,4-5H,3H2,(H,12,13). The van der Waals surface area contributed by atoms with Crippen molar-refractivity contribution in [3.63, 3.8) is 0 Å². The molecule has 0 saturated carbocycles. The fourth-order valence-corrected chi connectivity index (χ4v) is 2.95. The van der Waals surface area contributed by atoms with E-state index in [1.807, 2.05) is 11.4 Å². The number of carboxylic acid groups (broad SMARTS) is 1. The predicted molar refractivity (Wildman–Crippen MR) is 67.6 cm³/mol. The van der Waals surface area contributed by atoms with Crippen molar-refractivity contribution in [1.82, 2.24) is 0 Å². The van der Waals surface area contributed by atoms with Crippen molar-refractivity contribution in [3.05, 3.63) is 37.1 Å². The van der Waals surface area contributed by atoms with Crippen molar-refractivity contribution in [3.8, 4) is 5.75 Å². The van der Waals surface area contributed by atoms with E-state index in [-0.39, 0.29) is 0 Å². The molecule has 1 N–H and O–H groups in total. The summed E-state index contributed by atoms with van der Waals surface area (Å²) in [5, 5.41) is 12.4. The molecule has 0 unspecified atom stereocenters. The van der Waals surface area contributed by atoms with Crippen molar-refractivity contribution in [2.45, 2.75) is 6.61 Å². The molecule has 0 amide bonds. The SMILES string of the molecule is O=C(O)c1cc(OCc2csc(Br)c2)cs1. The Balaban J connectivity index is 1.97. The van der Waals surface area contributed by atoms with Crippen LogP contribution in [0.25, 0.3) is 0 Å². The lowest BCUT2D eigenvalue weighted by atomic mass is 10.4. The quantitative estimate of drug-likeness (QED) is 0.931. The Morgan fingerprint density at radius 3 is 2.75 bits per heavy atom. The molecule has 6 heteroatoms. The topological polar surface area (TPSA) is 46.5 Å². The zero-order valence-electron chi connectivity index (χ0n) is 7.97. The van der Waals surface area contributed by atoms with Gasteiger partial charge in [-0.05, 0) is 27.4 Å². The summed E-state index contributed by atoms with van der Waals surface area (Å²) < 4.78 is 6.53. The van der Waals surface area contributed by atoms with Gasteiger partial charge in [-0.3, -0.25) is 0 Å². The first-order valence-corrected chi connectivity index (χ1v) is 6.88. The molecular formula is C10H7BrO3S2. The van der Waals surface area contributed by atoms with Gasteiger partial charge in [-0.1, -0.05) is 0 Å². The van der Waals surface area contributed by atoms with E-state index in [9.17, 15) is 4.79 Å². The molecule has 3 nitrogen and oxygen atoms in total. The summed E-state index contributed by atoms with van der Waals surface area (Å²) in [5.41, 5.74) is 1.07. The number of rotatable bonds is 4. The molecule has 16 heavy (non-hydrogen) atoms. The lowest BCUT2D eigenvalue weighted by Crippen LogP contribution is -1.93. The van der Waals surface area contributed by atoms with Gasteiger partial charge in [-0.15, -0.1) is 22.7 Å². The van der Waals surface area contributed by atoms with Crippen LogP contribution in [0.15, 0.2) is 26.7 Å². The van der Waals surface area contributed by atoms with Crippen molar-refractivity contribution in [2.24, 2.45) is 0 Å². The van der Waals surface area contributed by atoms with Crippen molar-refractivity contribution in [2.75, 3.05) is 0 Å². The van der Waals surface area contributed by atoms with Crippen LogP contribution in [0.4, 0.5) is 0 Å². The Kier molecular flexibility index (Phi) is 3.63. The molecule has 0 bridgehead atoms. The highest BCUT2D eigenvalue weighted by atomic mass is 79.9. The Morgan fingerprint density at radius 1 is 1.38 bits per heavy atom. The fraction of sp³-hybridized carbons (Fsp3) is 0.100. The lowest BCUT2D eigenvalue weighted by Gasteiger charge is -2.00. The molecule has 2 heterocycles. The van der Waals surface area contributed by atoms with Crippen molar-refractivity contribution >= 4 is 44.6 Å². The van der Waals surface area contributed by atoms with Gasteiger partial charge in [0.05, 0.1) is 3.79 Å². The molecule has 0 aliphatic rings. The second-order valence-electron chi connectivity index (χ2n) is 3.00. The molecule has 0 atom stereocenters. The highest BCUT2D eigenvalue weighted by Gasteiger charge is 2.07.